The van der Waals surface area contributed by atoms with E-state index in [1.165, 1.54) is 29.2 Å². The van der Waals surface area contributed by atoms with Crippen LogP contribution in [0.2, 0.25) is 10.0 Å². The van der Waals surface area contributed by atoms with Gasteiger partial charge in [0.1, 0.15) is 16.9 Å². The van der Waals surface area contributed by atoms with E-state index in [0.29, 0.717) is 21.3 Å². The highest BCUT2D eigenvalue weighted by Crippen LogP contribution is 2.42. The van der Waals surface area contributed by atoms with E-state index >= 15 is 0 Å². The minimum Gasteiger partial charge on any atom is -0.462 e. The number of rotatable bonds is 5. The molecule has 9 heteroatoms. The van der Waals surface area contributed by atoms with Gasteiger partial charge in [0.2, 0.25) is 5.91 Å². The van der Waals surface area contributed by atoms with E-state index in [1.807, 2.05) is 6.07 Å². The number of carbonyl (C=O) groups is 2. The van der Waals surface area contributed by atoms with E-state index in [-0.39, 0.29) is 29.5 Å². The molecule has 154 valence electrons. The number of thioether (sulfide) groups is 1. The Kier molecular flexibility index (Phi) is 7.03. The van der Waals surface area contributed by atoms with E-state index in [9.17, 15) is 19.2 Å². The van der Waals surface area contributed by atoms with Gasteiger partial charge >= 0.3 is 5.97 Å². The average molecular weight is 465 g/mol. The lowest BCUT2D eigenvalue weighted by atomic mass is 10.1. The fourth-order valence-electron chi connectivity index (χ4n) is 2.90. The highest BCUT2D eigenvalue weighted by Gasteiger charge is 2.41. The molecule has 1 fully saturated rings. The second-order valence-corrected chi connectivity index (χ2v) is 8.24. The van der Waals surface area contributed by atoms with Crippen LogP contribution in [0.25, 0.3) is 0 Å². The van der Waals surface area contributed by atoms with E-state index in [4.69, 9.17) is 27.9 Å². The van der Waals surface area contributed by atoms with Gasteiger partial charge in [0, 0.05) is 15.7 Å². The summed E-state index contributed by atoms with van der Waals surface area (Å²) >= 11 is 13.3. The smallest absolute Gasteiger partial charge is 0.351 e. The summed E-state index contributed by atoms with van der Waals surface area (Å²) in [6.07, 6.45) is 0.228. The van der Waals surface area contributed by atoms with E-state index in [2.05, 4.69) is 0 Å². The van der Waals surface area contributed by atoms with Crippen molar-refractivity contribution in [2.45, 2.75) is 18.6 Å². The van der Waals surface area contributed by atoms with Crippen molar-refractivity contribution in [3.8, 4) is 6.07 Å². The molecule has 3 rings (SSSR count). The zero-order valence-corrected chi connectivity index (χ0v) is 18.0. The van der Waals surface area contributed by atoms with E-state index in [1.54, 1.807) is 25.1 Å². The lowest BCUT2D eigenvalue weighted by molar-refractivity contribution is -0.138. The number of hydrogen-bond donors (Lipinski definition) is 0. The van der Waals surface area contributed by atoms with Gasteiger partial charge in [-0.2, -0.15) is 5.26 Å². The number of nitrogens with zero attached hydrogens (tertiary/aromatic N) is 2. The number of amides is 1. The third-order valence-corrected chi connectivity index (χ3v) is 6.12. The van der Waals surface area contributed by atoms with E-state index in [0.717, 1.165) is 11.8 Å². The van der Waals surface area contributed by atoms with Crippen LogP contribution in [0, 0.1) is 17.1 Å². The van der Waals surface area contributed by atoms with Gasteiger partial charge in [-0.1, -0.05) is 35.0 Å². The second-order valence-electron chi connectivity index (χ2n) is 6.21. The Hall–Kier alpha value is -2.53. The summed E-state index contributed by atoms with van der Waals surface area (Å²) in [5.74, 6) is -1.67. The minimum atomic E-state index is -0.830. The molecule has 1 aliphatic rings. The maximum atomic E-state index is 13.4. The molecular weight excluding hydrogens is 450 g/mol. The Morgan fingerprint density at radius 1 is 1.27 bits per heavy atom. The van der Waals surface area contributed by atoms with Crippen molar-refractivity contribution in [2.24, 2.45) is 0 Å². The number of esters is 1. The standard InChI is InChI=1S/C21H15Cl2FN2O3S/c1-2-29-21(28)16(11-25)20-26(15-6-4-14(24)5-7-15)19(27)18(30-20)10-12-9-13(22)3-8-17(12)23/h3-9,18H,2,10H2,1H3/b20-16-/t18-/m0/s1. The first-order valence-electron chi connectivity index (χ1n) is 8.87. The molecule has 0 unspecified atom stereocenters. The summed E-state index contributed by atoms with van der Waals surface area (Å²) in [6.45, 7) is 1.69. The molecule has 0 radical (unpaired) electrons. The minimum absolute atomic E-state index is 0.0774. The molecule has 2 aromatic rings. The monoisotopic (exact) mass is 464 g/mol. The Labute approximate surface area is 187 Å². The predicted octanol–water partition coefficient (Wildman–Crippen LogP) is 5.12. The summed E-state index contributed by atoms with van der Waals surface area (Å²) in [7, 11) is 0. The van der Waals surface area contributed by atoms with Crippen LogP contribution in [-0.2, 0) is 20.7 Å². The van der Waals surface area contributed by atoms with Crippen LogP contribution in [0.1, 0.15) is 12.5 Å². The molecule has 2 aromatic carbocycles. The van der Waals surface area contributed by atoms with Crippen LogP contribution >= 0.6 is 35.0 Å². The van der Waals surface area contributed by atoms with Crippen molar-refractivity contribution in [3.05, 3.63) is 74.5 Å². The van der Waals surface area contributed by atoms with Gasteiger partial charge in [0.25, 0.3) is 0 Å². The third-order valence-electron chi connectivity index (χ3n) is 4.26. The zero-order chi connectivity index (χ0) is 21.8. The average Bonchev–Trinajstić information content (AvgIpc) is 3.02. The van der Waals surface area contributed by atoms with Gasteiger partial charge in [0.05, 0.1) is 11.9 Å². The summed E-state index contributed by atoms with van der Waals surface area (Å²) in [6, 6.07) is 12.0. The number of halogens is 3. The molecule has 30 heavy (non-hydrogen) atoms. The highest BCUT2D eigenvalue weighted by molar-refractivity contribution is 8.05. The third kappa shape index (κ3) is 4.62. The Morgan fingerprint density at radius 2 is 1.97 bits per heavy atom. The second kappa shape index (κ2) is 9.52. The Morgan fingerprint density at radius 3 is 2.60 bits per heavy atom. The lowest BCUT2D eigenvalue weighted by Crippen LogP contribution is -2.30. The molecule has 0 bridgehead atoms. The molecule has 1 amide bonds. The van der Waals surface area contributed by atoms with Crippen LogP contribution in [-0.4, -0.2) is 23.7 Å². The van der Waals surface area contributed by atoms with E-state index < -0.39 is 17.0 Å². The number of ether oxygens (including phenoxy) is 1. The molecule has 0 saturated carbocycles. The van der Waals surface area contributed by atoms with Crippen molar-refractivity contribution < 1.29 is 18.7 Å². The summed E-state index contributed by atoms with van der Waals surface area (Å²) in [4.78, 5) is 26.8. The molecule has 0 aliphatic carbocycles. The van der Waals surface area contributed by atoms with Crippen molar-refractivity contribution in [3.63, 3.8) is 0 Å². The fourth-order valence-corrected chi connectivity index (χ4v) is 4.58. The first kappa shape index (κ1) is 22.2. The normalized spacial score (nSPS) is 17.6. The van der Waals surface area contributed by atoms with Crippen molar-refractivity contribution >= 4 is 52.5 Å². The highest BCUT2D eigenvalue weighted by atomic mass is 35.5. The summed E-state index contributed by atoms with van der Waals surface area (Å²) in [5, 5.41) is 9.96. The molecule has 1 atom stereocenters. The van der Waals surface area contributed by atoms with Crippen LogP contribution < -0.4 is 4.90 Å². The van der Waals surface area contributed by atoms with Gasteiger partial charge in [-0.25, -0.2) is 9.18 Å². The molecule has 0 aromatic heterocycles. The first-order valence-corrected chi connectivity index (χ1v) is 10.5. The molecule has 1 aliphatic heterocycles. The summed E-state index contributed by atoms with van der Waals surface area (Å²) < 4.78 is 18.4. The SMILES string of the molecule is CCOC(=O)/C(C#N)=C1\S[C@@H](Cc2cc(Cl)ccc2Cl)C(=O)N1c1ccc(F)cc1. The van der Waals surface area contributed by atoms with Crippen molar-refractivity contribution in [1.82, 2.24) is 0 Å². The quantitative estimate of drug-likeness (QED) is 0.348. The number of carbonyl (C=O) groups excluding carboxylic acids is 2. The van der Waals surface area contributed by atoms with Gasteiger partial charge in [-0.05, 0) is 61.4 Å². The van der Waals surface area contributed by atoms with Crippen LogP contribution in [0.5, 0.6) is 0 Å². The molecule has 0 N–H and O–H groups in total. The number of anilines is 1. The first-order chi connectivity index (χ1) is 14.3. The topological polar surface area (TPSA) is 70.4 Å². The van der Waals surface area contributed by atoms with Crippen molar-refractivity contribution in [1.29, 1.82) is 5.26 Å². The fraction of sp³-hybridized carbons (Fsp3) is 0.190. The zero-order valence-electron chi connectivity index (χ0n) is 15.7. The molecule has 0 spiro atoms. The Bertz CT molecular complexity index is 1070. The number of nitriles is 1. The molecule has 1 heterocycles. The summed E-state index contributed by atoms with van der Waals surface area (Å²) in [5.41, 5.74) is 0.699. The maximum Gasteiger partial charge on any atom is 0.351 e. The molecule has 1 saturated heterocycles. The van der Waals surface area contributed by atoms with Crippen molar-refractivity contribution in [2.75, 3.05) is 11.5 Å². The van der Waals surface area contributed by atoms with Gasteiger partial charge in [-0.3, -0.25) is 9.69 Å². The van der Waals surface area contributed by atoms with Gasteiger partial charge in [0.15, 0.2) is 5.57 Å². The van der Waals surface area contributed by atoms with Crippen LogP contribution in [0.4, 0.5) is 10.1 Å². The molecule has 5 nitrogen and oxygen atoms in total. The predicted molar refractivity (Wildman–Crippen MR) is 115 cm³/mol. The lowest BCUT2D eigenvalue weighted by Gasteiger charge is -2.18. The van der Waals surface area contributed by atoms with Crippen LogP contribution in [0.3, 0.4) is 0 Å². The Balaban J connectivity index is 2.06. The van der Waals surface area contributed by atoms with Gasteiger partial charge < -0.3 is 4.74 Å². The molecular formula is C21H15Cl2FN2O3S. The number of hydrogen-bond acceptors (Lipinski definition) is 5. The maximum absolute atomic E-state index is 13.4. The largest absolute Gasteiger partial charge is 0.462 e. The number of benzene rings is 2. The van der Waals surface area contributed by atoms with Crippen LogP contribution in [0.15, 0.2) is 53.1 Å². The van der Waals surface area contributed by atoms with Gasteiger partial charge in [-0.15, -0.1) is 0 Å².